The number of nitrogens with two attached hydrogens (primary N) is 1. The maximum Gasteiger partial charge on any atom is 0.122 e. The molecule has 0 radical (unpaired) electrons. The first-order chi connectivity index (χ1) is 8.97. The Labute approximate surface area is 126 Å². The van der Waals surface area contributed by atoms with Crippen LogP contribution in [0.15, 0.2) is 30.3 Å². The number of hydrogen-bond donors (Lipinski definition) is 2. The van der Waals surface area contributed by atoms with E-state index in [0.717, 1.165) is 16.6 Å². The molecule has 3 nitrogen and oxygen atoms in total. The zero-order valence-corrected chi connectivity index (χ0v) is 12.6. The first-order valence-corrected chi connectivity index (χ1v) is 7.14. The predicted molar refractivity (Wildman–Crippen MR) is 83.9 cm³/mol. The smallest absolute Gasteiger partial charge is 0.122 e. The Bertz CT molecular complexity index is 610. The molecule has 1 aromatic heterocycles. The third-order valence-electron chi connectivity index (χ3n) is 2.69. The van der Waals surface area contributed by atoms with E-state index in [9.17, 15) is 0 Å². The number of amidine groups is 1. The summed E-state index contributed by atoms with van der Waals surface area (Å²) in [6.07, 6.45) is 0. The van der Waals surface area contributed by atoms with Crippen molar-refractivity contribution in [2.75, 3.05) is 11.9 Å². The molecule has 0 unspecified atom stereocenters. The van der Waals surface area contributed by atoms with E-state index in [2.05, 4.69) is 0 Å². The number of rotatable bonds is 4. The van der Waals surface area contributed by atoms with Gasteiger partial charge in [0.1, 0.15) is 5.84 Å². The fourth-order valence-corrected chi connectivity index (χ4v) is 3.21. The van der Waals surface area contributed by atoms with E-state index in [1.165, 1.54) is 4.88 Å². The second-order valence-electron chi connectivity index (χ2n) is 4.14. The quantitative estimate of drug-likeness (QED) is 0.662. The fourth-order valence-electron chi connectivity index (χ4n) is 1.74. The SMILES string of the molecule is CN(Cc1ccc(Cl)s1)c1ccc(C(=N)N)cc1Cl. The Hall–Kier alpha value is -1.23. The number of thiophene rings is 1. The zero-order chi connectivity index (χ0) is 14.0. The lowest BCUT2D eigenvalue weighted by Crippen LogP contribution is -2.17. The van der Waals surface area contributed by atoms with Crippen molar-refractivity contribution in [2.24, 2.45) is 5.73 Å². The average molecular weight is 314 g/mol. The number of nitrogen functional groups attached to an aromatic ring is 1. The lowest BCUT2D eigenvalue weighted by Gasteiger charge is -2.20. The van der Waals surface area contributed by atoms with Gasteiger partial charge in [-0.3, -0.25) is 5.41 Å². The van der Waals surface area contributed by atoms with E-state index in [-0.39, 0.29) is 5.84 Å². The molecule has 2 aromatic rings. The first-order valence-electron chi connectivity index (χ1n) is 5.56. The molecule has 2 rings (SSSR count). The van der Waals surface area contributed by atoms with Crippen LogP contribution in [0.1, 0.15) is 10.4 Å². The highest BCUT2D eigenvalue weighted by Crippen LogP contribution is 2.29. The number of halogens is 2. The Morgan fingerprint density at radius 1 is 1.32 bits per heavy atom. The molecule has 19 heavy (non-hydrogen) atoms. The lowest BCUT2D eigenvalue weighted by atomic mass is 10.2. The molecule has 0 saturated heterocycles. The molecule has 1 aromatic carbocycles. The summed E-state index contributed by atoms with van der Waals surface area (Å²) in [6.45, 7) is 0.733. The average Bonchev–Trinajstić information content (AvgIpc) is 2.74. The number of benzene rings is 1. The van der Waals surface area contributed by atoms with Crippen molar-refractivity contribution in [1.29, 1.82) is 5.41 Å². The molecule has 0 aliphatic carbocycles. The van der Waals surface area contributed by atoms with Gasteiger partial charge in [0.05, 0.1) is 21.6 Å². The molecule has 3 N–H and O–H groups in total. The van der Waals surface area contributed by atoms with E-state index >= 15 is 0 Å². The third kappa shape index (κ3) is 3.41. The molecule has 1 heterocycles. The molecule has 0 bridgehead atoms. The van der Waals surface area contributed by atoms with E-state index in [1.807, 2.05) is 30.1 Å². The van der Waals surface area contributed by atoms with Crippen molar-refractivity contribution in [3.63, 3.8) is 0 Å². The third-order valence-corrected chi connectivity index (χ3v) is 4.21. The van der Waals surface area contributed by atoms with Crippen LogP contribution in [0.2, 0.25) is 9.36 Å². The highest BCUT2D eigenvalue weighted by molar-refractivity contribution is 7.16. The summed E-state index contributed by atoms with van der Waals surface area (Å²) in [4.78, 5) is 3.20. The lowest BCUT2D eigenvalue weighted by molar-refractivity contribution is 0.940. The van der Waals surface area contributed by atoms with Gasteiger partial charge in [-0.2, -0.15) is 0 Å². The summed E-state index contributed by atoms with van der Waals surface area (Å²) in [5, 5.41) is 7.97. The largest absolute Gasteiger partial charge is 0.384 e. The molecule has 0 amide bonds. The van der Waals surface area contributed by atoms with Gasteiger partial charge in [0.15, 0.2) is 0 Å². The van der Waals surface area contributed by atoms with Crippen molar-refractivity contribution < 1.29 is 0 Å². The summed E-state index contributed by atoms with van der Waals surface area (Å²) in [6, 6.07) is 9.25. The number of nitrogens with one attached hydrogen (secondary N) is 1. The van der Waals surface area contributed by atoms with Crippen molar-refractivity contribution >= 4 is 46.1 Å². The van der Waals surface area contributed by atoms with Gasteiger partial charge in [-0.1, -0.05) is 23.2 Å². The van der Waals surface area contributed by atoms with Gasteiger partial charge < -0.3 is 10.6 Å². The summed E-state index contributed by atoms with van der Waals surface area (Å²) in [5.41, 5.74) is 6.96. The second-order valence-corrected chi connectivity index (χ2v) is 6.35. The molecule has 6 heteroatoms. The predicted octanol–water partition coefficient (Wildman–Crippen LogP) is 3.98. The molecular formula is C13H13Cl2N3S. The van der Waals surface area contributed by atoms with Gasteiger partial charge in [-0.15, -0.1) is 11.3 Å². The molecule has 0 aliphatic rings. The Morgan fingerprint density at radius 2 is 2.05 bits per heavy atom. The van der Waals surface area contributed by atoms with Gasteiger partial charge in [0, 0.05) is 17.5 Å². The van der Waals surface area contributed by atoms with Crippen molar-refractivity contribution in [2.45, 2.75) is 6.54 Å². The number of hydrogen-bond acceptors (Lipinski definition) is 3. The normalized spacial score (nSPS) is 10.5. The second kappa shape index (κ2) is 5.82. The summed E-state index contributed by atoms with van der Waals surface area (Å²) >= 11 is 13.7. The molecule has 100 valence electrons. The van der Waals surface area contributed by atoms with Crippen LogP contribution in [0.25, 0.3) is 0 Å². The van der Waals surface area contributed by atoms with E-state index in [4.69, 9.17) is 34.3 Å². The van der Waals surface area contributed by atoms with Crippen molar-refractivity contribution in [3.8, 4) is 0 Å². The highest BCUT2D eigenvalue weighted by Gasteiger charge is 2.09. The summed E-state index contributed by atoms with van der Waals surface area (Å²) in [7, 11) is 1.96. The maximum absolute atomic E-state index is 7.38. The minimum Gasteiger partial charge on any atom is -0.384 e. The van der Waals surface area contributed by atoms with Crippen LogP contribution in [0.5, 0.6) is 0 Å². The number of anilines is 1. The molecule has 0 atom stereocenters. The zero-order valence-electron chi connectivity index (χ0n) is 10.3. The Balaban J connectivity index is 2.19. The minimum absolute atomic E-state index is 0.0149. The topological polar surface area (TPSA) is 53.1 Å². The van der Waals surface area contributed by atoms with Gasteiger partial charge in [0.25, 0.3) is 0 Å². The van der Waals surface area contributed by atoms with Crippen LogP contribution >= 0.6 is 34.5 Å². The van der Waals surface area contributed by atoms with E-state index < -0.39 is 0 Å². The molecule has 0 aliphatic heterocycles. The van der Waals surface area contributed by atoms with Crippen molar-refractivity contribution in [1.82, 2.24) is 0 Å². The molecule has 0 fully saturated rings. The van der Waals surface area contributed by atoms with Gasteiger partial charge in [-0.05, 0) is 30.3 Å². The van der Waals surface area contributed by atoms with Gasteiger partial charge in [0.2, 0.25) is 0 Å². The van der Waals surface area contributed by atoms with Gasteiger partial charge in [-0.25, -0.2) is 0 Å². The van der Waals surface area contributed by atoms with Crippen LogP contribution in [-0.2, 0) is 6.54 Å². The van der Waals surface area contributed by atoms with Crippen LogP contribution in [0.3, 0.4) is 0 Å². The summed E-state index contributed by atoms with van der Waals surface area (Å²) in [5.74, 6) is 0.0149. The summed E-state index contributed by atoms with van der Waals surface area (Å²) < 4.78 is 0.779. The van der Waals surface area contributed by atoms with Crippen LogP contribution in [0, 0.1) is 5.41 Å². The van der Waals surface area contributed by atoms with Gasteiger partial charge >= 0.3 is 0 Å². The van der Waals surface area contributed by atoms with Crippen LogP contribution in [0.4, 0.5) is 5.69 Å². The first kappa shape index (κ1) is 14.2. The Kier molecular flexibility index (Phi) is 4.34. The maximum atomic E-state index is 7.38. The van der Waals surface area contributed by atoms with E-state index in [1.54, 1.807) is 23.5 Å². The molecule has 0 saturated carbocycles. The Morgan fingerprint density at radius 3 is 2.58 bits per heavy atom. The molecule has 0 spiro atoms. The van der Waals surface area contributed by atoms with Crippen molar-refractivity contribution in [3.05, 3.63) is 50.1 Å². The van der Waals surface area contributed by atoms with Crippen LogP contribution < -0.4 is 10.6 Å². The minimum atomic E-state index is 0.0149. The molecular weight excluding hydrogens is 301 g/mol. The number of nitrogens with zero attached hydrogens (tertiary/aromatic N) is 1. The fraction of sp³-hybridized carbons (Fsp3) is 0.154. The van der Waals surface area contributed by atoms with Crippen LogP contribution in [-0.4, -0.2) is 12.9 Å². The standard InChI is InChI=1S/C13H13Cl2N3S/c1-18(7-9-3-5-12(15)19-9)11-4-2-8(13(16)17)6-10(11)14/h2-6H,7H2,1H3,(H3,16,17). The highest BCUT2D eigenvalue weighted by atomic mass is 35.5. The monoisotopic (exact) mass is 313 g/mol. The van der Waals surface area contributed by atoms with E-state index in [0.29, 0.717) is 10.6 Å².